The van der Waals surface area contributed by atoms with Gasteiger partial charge in [0, 0.05) is 5.56 Å². The van der Waals surface area contributed by atoms with Gasteiger partial charge in [-0.25, -0.2) is 0 Å². The molecule has 0 heterocycles. The standard InChI is InChI=1S/C16H17NS2/c1-2-19-16(14-11-7-4-8-12-14)17-15(18)13-9-5-3-6-10-13/h3-12,16H,2H2,1H3,(H,17,18). The van der Waals surface area contributed by atoms with Crippen molar-refractivity contribution in [1.29, 1.82) is 0 Å². The minimum absolute atomic E-state index is 0.207. The molecule has 0 saturated heterocycles. The van der Waals surface area contributed by atoms with Crippen LogP contribution in [0.25, 0.3) is 0 Å². The van der Waals surface area contributed by atoms with Crippen LogP contribution in [0.3, 0.4) is 0 Å². The third kappa shape index (κ3) is 4.08. The van der Waals surface area contributed by atoms with Crippen LogP contribution in [0.5, 0.6) is 0 Å². The van der Waals surface area contributed by atoms with Gasteiger partial charge in [-0.1, -0.05) is 79.8 Å². The van der Waals surface area contributed by atoms with Gasteiger partial charge in [-0.15, -0.1) is 11.8 Å². The number of hydrogen-bond acceptors (Lipinski definition) is 2. The molecule has 0 saturated carbocycles. The van der Waals surface area contributed by atoms with Crippen LogP contribution in [0.4, 0.5) is 0 Å². The summed E-state index contributed by atoms with van der Waals surface area (Å²) in [7, 11) is 0. The zero-order chi connectivity index (χ0) is 13.5. The lowest BCUT2D eigenvalue weighted by molar-refractivity contribution is 0.899. The van der Waals surface area contributed by atoms with E-state index in [-0.39, 0.29) is 5.37 Å². The van der Waals surface area contributed by atoms with Crippen LogP contribution in [0.15, 0.2) is 60.7 Å². The fourth-order valence-electron chi connectivity index (χ4n) is 1.81. The summed E-state index contributed by atoms with van der Waals surface area (Å²) in [6.45, 7) is 2.16. The Labute approximate surface area is 124 Å². The molecule has 0 amide bonds. The van der Waals surface area contributed by atoms with E-state index in [1.54, 1.807) is 0 Å². The summed E-state index contributed by atoms with van der Waals surface area (Å²) in [5.74, 6) is 1.05. The average molecular weight is 287 g/mol. The van der Waals surface area contributed by atoms with Crippen molar-refractivity contribution in [2.75, 3.05) is 5.75 Å². The molecule has 1 atom stereocenters. The molecule has 1 nitrogen and oxygen atoms in total. The summed E-state index contributed by atoms with van der Waals surface area (Å²) in [5.41, 5.74) is 2.32. The van der Waals surface area contributed by atoms with E-state index < -0.39 is 0 Å². The Bertz CT molecular complexity index is 511. The largest absolute Gasteiger partial charge is 0.360 e. The number of hydrogen-bond donors (Lipinski definition) is 1. The van der Waals surface area contributed by atoms with E-state index in [9.17, 15) is 0 Å². The van der Waals surface area contributed by atoms with E-state index in [1.807, 2.05) is 48.2 Å². The van der Waals surface area contributed by atoms with E-state index in [0.29, 0.717) is 0 Å². The highest BCUT2D eigenvalue weighted by molar-refractivity contribution is 7.99. The molecule has 0 aliphatic carbocycles. The summed E-state index contributed by atoms with van der Waals surface area (Å²) in [6.07, 6.45) is 0. The van der Waals surface area contributed by atoms with Gasteiger partial charge in [0.05, 0.1) is 5.37 Å². The van der Waals surface area contributed by atoms with Gasteiger partial charge in [-0.05, 0) is 11.3 Å². The third-order valence-corrected chi connectivity index (χ3v) is 4.14. The molecule has 1 N–H and O–H groups in total. The highest BCUT2D eigenvalue weighted by Gasteiger charge is 2.12. The van der Waals surface area contributed by atoms with Gasteiger partial charge in [0.25, 0.3) is 0 Å². The van der Waals surface area contributed by atoms with Gasteiger partial charge in [0.1, 0.15) is 4.99 Å². The fraction of sp³-hybridized carbons (Fsp3) is 0.188. The molecule has 0 aromatic heterocycles. The van der Waals surface area contributed by atoms with Gasteiger partial charge >= 0.3 is 0 Å². The molecule has 2 aromatic rings. The molecule has 1 unspecified atom stereocenters. The highest BCUT2D eigenvalue weighted by atomic mass is 32.2. The summed E-state index contributed by atoms with van der Waals surface area (Å²) in [4.78, 5) is 0.801. The molecular weight excluding hydrogens is 270 g/mol. The number of benzene rings is 2. The maximum Gasteiger partial charge on any atom is 0.107 e. The normalized spacial score (nSPS) is 11.8. The Morgan fingerprint density at radius 1 is 1.05 bits per heavy atom. The molecule has 0 bridgehead atoms. The lowest BCUT2D eigenvalue weighted by atomic mass is 10.2. The molecule has 3 heteroatoms. The van der Waals surface area contributed by atoms with Crippen molar-refractivity contribution in [2.24, 2.45) is 0 Å². The molecule has 19 heavy (non-hydrogen) atoms. The van der Waals surface area contributed by atoms with Crippen LogP contribution in [-0.2, 0) is 0 Å². The van der Waals surface area contributed by atoms with Gasteiger partial charge in [0.15, 0.2) is 0 Å². The number of thioether (sulfide) groups is 1. The second-order valence-corrected chi connectivity index (χ2v) is 5.88. The number of nitrogens with one attached hydrogen (secondary N) is 1. The Balaban J connectivity index is 2.11. The molecule has 0 spiro atoms. The lowest BCUT2D eigenvalue weighted by Gasteiger charge is -2.20. The Hall–Kier alpha value is -1.32. The molecule has 2 aromatic carbocycles. The van der Waals surface area contributed by atoms with Crippen LogP contribution >= 0.6 is 24.0 Å². The monoisotopic (exact) mass is 287 g/mol. The van der Waals surface area contributed by atoms with E-state index in [4.69, 9.17) is 12.2 Å². The lowest BCUT2D eigenvalue weighted by Crippen LogP contribution is -2.25. The Morgan fingerprint density at radius 2 is 1.63 bits per heavy atom. The van der Waals surface area contributed by atoms with E-state index >= 15 is 0 Å². The average Bonchev–Trinajstić information content (AvgIpc) is 2.48. The minimum atomic E-state index is 0.207. The summed E-state index contributed by atoms with van der Waals surface area (Å²) in [5, 5.41) is 3.65. The predicted octanol–water partition coefficient (Wildman–Crippen LogP) is 4.40. The SMILES string of the molecule is CCSC(NC(=S)c1ccccc1)c1ccccc1. The Morgan fingerprint density at radius 3 is 2.21 bits per heavy atom. The first kappa shape index (κ1) is 14.1. The molecule has 98 valence electrons. The molecular formula is C16H17NS2. The van der Waals surface area contributed by atoms with E-state index in [0.717, 1.165) is 16.3 Å². The van der Waals surface area contributed by atoms with Crippen LogP contribution < -0.4 is 5.32 Å². The first-order chi connectivity index (χ1) is 9.31. The maximum absolute atomic E-state index is 5.49. The van der Waals surface area contributed by atoms with E-state index in [1.165, 1.54) is 5.56 Å². The van der Waals surface area contributed by atoms with Crippen LogP contribution in [0, 0.1) is 0 Å². The van der Waals surface area contributed by atoms with Crippen molar-refractivity contribution >= 4 is 29.0 Å². The molecule has 0 aliphatic rings. The van der Waals surface area contributed by atoms with Crippen molar-refractivity contribution < 1.29 is 0 Å². The van der Waals surface area contributed by atoms with E-state index in [2.05, 4.69) is 36.5 Å². The van der Waals surface area contributed by atoms with Crippen LogP contribution in [-0.4, -0.2) is 10.7 Å². The van der Waals surface area contributed by atoms with Crippen molar-refractivity contribution in [1.82, 2.24) is 5.32 Å². The Kier molecular flexibility index (Phi) is 5.43. The molecule has 2 rings (SSSR count). The number of thiocarbonyl (C=S) groups is 1. The molecule has 0 radical (unpaired) electrons. The van der Waals surface area contributed by atoms with Crippen molar-refractivity contribution in [3.8, 4) is 0 Å². The second-order valence-electron chi connectivity index (χ2n) is 4.09. The predicted molar refractivity (Wildman–Crippen MR) is 88.6 cm³/mol. The maximum atomic E-state index is 5.49. The van der Waals surface area contributed by atoms with Gasteiger partial charge in [-0.3, -0.25) is 0 Å². The first-order valence-corrected chi connectivity index (χ1v) is 7.79. The summed E-state index contributed by atoms with van der Waals surface area (Å²) >= 11 is 7.34. The first-order valence-electron chi connectivity index (χ1n) is 6.33. The quantitative estimate of drug-likeness (QED) is 0.646. The van der Waals surface area contributed by atoms with Crippen LogP contribution in [0.1, 0.15) is 23.4 Å². The second kappa shape index (κ2) is 7.31. The van der Waals surface area contributed by atoms with Gasteiger partial charge in [-0.2, -0.15) is 0 Å². The fourth-order valence-corrected chi connectivity index (χ4v) is 3.02. The van der Waals surface area contributed by atoms with Crippen molar-refractivity contribution in [3.63, 3.8) is 0 Å². The highest BCUT2D eigenvalue weighted by Crippen LogP contribution is 2.26. The van der Waals surface area contributed by atoms with Crippen molar-refractivity contribution in [2.45, 2.75) is 12.3 Å². The van der Waals surface area contributed by atoms with Gasteiger partial charge in [0.2, 0.25) is 0 Å². The zero-order valence-corrected chi connectivity index (χ0v) is 12.5. The smallest absolute Gasteiger partial charge is 0.107 e. The molecule has 0 aliphatic heterocycles. The summed E-state index contributed by atoms with van der Waals surface area (Å²) < 4.78 is 0. The number of rotatable bonds is 5. The molecule has 0 fully saturated rings. The van der Waals surface area contributed by atoms with Crippen LogP contribution in [0.2, 0.25) is 0 Å². The zero-order valence-electron chi connectivity index (χ0n) is 10.9. The topological polar surface area (TPSA) is 12.0 Å². The van der Waals surface area contributed by atoms with Crippen molar-refractivity contribution in [3.05, 3.63) is 71.8 Å². The van der Waals surface area contributed by atoms with Gasteiger partial charge < -0.3 is 5.32 Å². The third-order valence-electron chi connectivity index (χ3n) is 2.73. The minimum Gasteiger partial charge on any atom is -0.360 e. The summed E-state index contributed by atoms with van der Waals surface area (Å²) in [6, 6.07) is 20.5.